The molecule has 2 aliphatic heterocycles. The first kappa shape index (κ1) is 31.0. The van der Waals surface area contributed by atoms with Crippen LogP contribution in [0.2, 0.25) is 4.82 Å². The van der Waals surface area contributed by atoms with Crippen molar-refractivity contribution in [2.75, 3.05) is 13.2 Å². The fourth-order valence-corrected chi connectivity index (χ4v) is 15.1. The summed E-state index contributed by atoms with van der Waals surface area (Å²) in [6.45, 7) is 14.9. The number of hydrogen-bond acceptors (Lipinski definition) is 6. The van der Waals surface area contributed by atoms with E-state index in [9.17, 15) is 8.94 Å². The Kier molecular flexibility index (Phi) is 7.89. The Hall–Kier alpha value is -0.661. The molecule has 6 nitrogen and oxygen atoms in total. The van der Waals surface area contributed by atoms with Gasteiger partial charge in [-0.05, 0) is 13.8 Å². The van der Waals surface area contributed by atoms with Crippen molar-refractivity contribution in [1.82, 2.24) is 0 Å². The Labute approximate surface area is 263 Å². The summed E-state index contributed by atoms with van der Waals surface area (Å²) >= 11 is -2.37. The van der Waals surface area contributed by atoms with Gasteiger partial charge in [0.15, 0.2) is 5.79 Å². The van der Waals surface area contributed by atoms with Crippen LogP contribution in [-0.4, -0.2) is 62.0 Å². The Bertz CT molecular complexity index is 1200. The molecule has 1 N–H and O–H groups in total. The van der Waals surface area contributed by atoms with Gasteiger partial charge in [-0.25, -0.2) is 0 Å². The van der Waals surface area contributed by atoms with Crippen molar-refractivity contribution in [3.05, 3.63) is 30.3 Å². The van der Waals surface area contributed by atoms with Crippen LogP contribution in [0.3, 0.4) is 0 Å². The number of rotatable bonds is 6. The van der Waals surface area contributed by atoms with Gasteiger partial charge in [0.25, 0.3) is 0 Å². The first-order valence-corrected chi connectivity index (χ1v) is 19.7. The quantitative estimate of drug-likeness (QED) is 0.365. The molecule has 240 valence electrons. The van der Waals surface area contributed by atoms with Crippen LogP contribution in [0.4, 0.5) is 0 Å². The van der Waals surface area contributed by atoms with E-state index in [1.165, 1.54) is 19.3 Å². The topological polar surface area (TPSA) is 74.2 Å². The fourth-order valence-electron chi connectivity index (χ4n) is 11.8. The van der Waals surface area contributed by atoms with Gasteiger partial charge < -0.3 is 4.74 Å². The standard InChI is InChI=1S/C36H54O6Se/c1-7-30(43(38)23-11-9-8-10-12-23)32(37)22(2)25-13-14-26-24-20-36(39-17-18-40-36)31-19-28-29(42-33(3,4)41-28)21-35(31,6)27(24)15-16-34(25,26)5/h8-12,22,24-32,37H,7,13-21H2,1-6H3/t22-,24-,25+,26-,27-,28-,29+,30?,31?,32+,34+,35+,43?/m0/s1. The fraction of sp³-hybridized carbons (Fsp3) is 0.833. The average molecular weight is 662 g/mol. The van der Waals surface area contributed by atoms with Gasteiger partial charge in [0.2, 0.25) is 0 Å². The van der Waals surface area contributed by atoms with E-state index in [4.69, 9.17) is 18.9 Å². The molecule has 7 heteroatoms. The van der Waals surface area contributed by atoms with Gasteiger partial charge >= 0.3 is 239 Å². The van der Waals surface area contributed by atoms with E-state index in [1.807, 2.05) is 30.3 Å². The molecule has 0 amide bonds. The molecule has 0 bridgehead atoms. The second kappa shape index (κ2) is 11.0. The van der Waals surface area contributed by atoms with Crippen LogP contribution in [-0.2, 0) is 22.8 Å². The Morgan fingerprint density at radius 1 is 0.930 bits per heavy atom. The number of aliphatic hydroxyl groups excluding tert-OH is 1. The number of ether oxygens (including phenoxy) is 4. The summed E-state index contributed by atoms with van der Waals surface area (Å²) in [5.41, 5.74) is 0.229. The zero-order valence-corrected chi connectivity index (χ0v) is 28.8. The van der Waals surface area contributed by atoms with Crippen molar-refractivity contribution in [1.29, 1.82) is 0 Å². The molecule has 13 atom stereocenters. The summed E-state index contributed by atoms with van der Waals surface area (Å²) in [6.07, 6.45) is 8.10. The minimum absolute atomic E-state index is 0.0760. The predicted octanol–water partition coefficient (Wildman–Crippen LogP) is 6.23. The first-order valence-electron chi connectivity index (χ1n) is 17.2. The zero-order valence-electron chi connectivity index (χ0n) is 27.1. The summed E-state index contributed by atoms with van der Waals surface area (Å²) in [5, 5.41) is 11.9. The van der Waals surface area contributed by atoms with Crippen molar-refractivity contribution in [3.63, 3.8) is 0 Å². The van der Waals surface area contributed by atoms with Crippen LogP contribution >= 0.6 is 0 Å². The minimum atomic E-state index is -2.37. The van der Waals surface area contributed by atoms with Gasteiger partial charge in [-0.15, -0.1) is 0 Å². The van der Waals surface area contributed by atoms with Crippen LogP contribution in [0.25, 0.3) is 0 Å². The molecule has 3 unspecified atom stereocenters. The molecular weight excluding hydrogens is 607 g/mol. The maximum atomic E-state index is 13.7. The maximum absolute atomic E-state index is 13.7. The van der Waals surface area contributed by atoms with Crippen LogP contribution in [0.5, 0.6) is 0 Å². The molecule has 1 aromatic carbocycles. The monoisotopic (exact) mass is 662 g/mol. The van der Waals surface area contributed by atoms with Crippen LogP contribution < -0.4 is 4.46 Å². The molecule has 7 rings (SSSR count). The molecule has 1 aromatic rings. The molecule has 1 spiro atoms. The molecule has 2 saturated heterocycles. The third-order valence-corrected chi connectivity index (χ3v) is 17.6. The molecule has 0 radical (unpaired) electrons. The summed E-state index contributed by atoms with van der Waals surface area (Å²) < 4.78 is 40.9. The third-order valence-electron chi connectivity index (χ3n) is 13.6. The first-order chi connectivity index (χ1) is 20.4. The third kappa shape index (κ3) is 4.81. The van der Waals surface area contributed by atoms with E-state index < -0.39 is 31.5 Å². The number of fused-ring (bicyclic) bond motifs is 7. The van der Waals surface area contributed by atoms with Crippen LogP contribution in [0.1, 0.15) is 92.9 Å². The van der Waals surface area contributed by atoms with Crippen molar-refractivity contribution in [3.8, 4) is 0 Å². The van der Waals surface area contributed by atoms with Crippen molar-refractivity contribution < 1.29 is 27.9 Å². The predicted molar refractivity (Wildman–Crippen MR) is 166 cm³/mol. The second-order valence-corrected chi connectivity index (χ2v) is 19.4. The Morgan fingerprint density at radius 2 is 1.60 bits per heavy atom. The summed E-state index contributed by atoms with van der Waals surface area (Å²) in [7, 11) is 0. The number of benzene rings is 1. The van der Waals surface area contributed by atoms with E-state index >= 15 is 0 Å². The van der Waals surface area contributed by atoms with E-state index in [0.717, 1.165) is 36.6 Å². The molecule has 4 aliphatic carbocycles. The summed E-state index contributed by atoms with van der Waals surface area (Å²) in [6, 6.07) is 9.85. The van der Waals surface area contributed by atoms with Gasteiger partial charge in [-0.1, -0.05) is 0 Å². The zero-order chi connectivity index (χ0) is 30.4. The van der Waals surface area contributed by atoms with Crippen molar-refractivity contribution >= 4 is 18.3 Å². The van der Waals surface area contributed by atoms with E-state index in [0.29, 0.717) is 42.8 Å². The number of aliphatic hydroxyl groups is 1. The van der Waals surface area contributed by atoms with Gasteiger partial charge in [0.05, 0.1) is 0 Å². The SMILES string of the molecule is CCC([C@H](O)[C@@H](C)[C@H]1CC[C@H]2[C@@H]3CC4(OCCO4)C4C[C@@H]5OC(C)(C)O[C@@H]5C[C@]4(C)[C@H]3CC[C@]12C)[Se](=O)c1ccccc1. The van der Waals surface area contributed by atoms with E-state index in [-0.39, 0.29) is 33.8 Å². The van der Waals surface area contributed by atoms with Gasteiger partial charge in [-0.2, -0.15) is 0 Å². The van der Waals surface area contributed by atoms with E-state index in [2.05, 4.69) is 41.5 Å². The van der Waals surface area contributed by atoms with E-state index in [1.54, 1.807) is 0 Å². The molecule has 6 fully saturated rings. The normalized spacial score (nSPS) is 45.4. The average Bonchev–Trinajstić information content (AvgIpc) is 3.66. The molecule has 6 aliphatic rings. The van der Waals surface area contributed by atoms with Gasteiger partial charge in [-0.3, -0.25) is 0 Å². The Balaban J connectivity index is 1.15. The molecule has 43 heavy (non-hydrogen) atoms. The molecule has 0 aromatic heterocycles. The molecule has 2 heterocycles. The second-order valence-electron chi connectivity index (χ2n) is 15.9. The summed E-state index contributed by atoms with van der Waals surface area (Å²) in [5.74, 6) is 1.51. The van der Waals surface area contributed by atoms with Crippen LogP contribution in [0, 0.1) is 46.3 Å². The number of hydrogen-bond donors (Lipinski definition) is 1. The van der Waals surface area contributed by atoms with Crippen molar-refractivity contribution in [2.45, 2.75) is 128 Å². The van der Waals surface area contributed by atoms with Gasteiger partial charge in [0, 0.05) is 0 Å². The van der Waals surface area contributed by atoms with Gasteiger partial charge in [0.1, 0.15) is 0 Å². The van der Waals surface area contributed by atoms with Crippen LogP contribution in [0.15, 0.2) is 30.3 Å². The molecule has 4 saturated carbocycles. The Morgan fingerprint density at radius 3 is 2.30 bits per heavy atom. The van der Waals surface area contributed by atoms with Crippen molar-refractivity contribution in [2.24, 2.45) is 46.3 Å². The molecular formula is C36H54O6Se. The summed E-state index contributed by atoms with van der Waals surface area (Å²) in [4.78, 5) is -0.164.